The molecule has 2 aromatic carbocycles. The molecular formula is C18H17BrN2O3S. The Morgan fingerprint density at radius 2 is 1.84 bits per heavy atom. The number of aromatic nitrogens is 1. The van der Waals surface area contributed by atoms with E-state index in [1.165, 1.54) is 16.6 Å². The summed E-state index contributed by atoms with van der Waals surface area (Å²) in [6.45, 7) is 1.84. The lowest BCUT2D eigenvalue weighted by atomic mass is 10.1. The van der Waals surface area contributed by atoms with Crippen molar-refractivity contribution in [2.24, 2.45) is 0 Å². The highest BCUT2D eigenvalue weighted by Crippen LogP contribution is 2.37. The van der Waals surface area contributed by atoms with Gasteiger partial charge in [-0.25, -0.2) is 8.42 Å². The lowest BCUT2D eigenvalue weighted by molar-refractivity contribution is 0.399. The minimum atomic E-state index is -3.80. The van der Waals surface area contributed by atoms with Crippen LogP contribution in [0.4, 0.5) is 0 Å². The van der Waals surface area contributed by atoms with Crippen molar-refractivity contribution < 1.29 is 13.5 Å². The molecule has 0 fully saturated rings. The van der Waals surface area contributed by atoms with E-state index < -0.39 is 10.0 Å². The van der Waals surface area contributed by atoms with E-state index in [1.807, 2.05) is 37.3 Å². The van der Waals surface area contributed by atoms with E-state index in [4.69, 9.17) is 0 Å². The van der Waals surface area contributed by atoms with E-state index in [2.05, 4.69) is 20.9 Å². The zero-order chi connectivity index (χ0) is 18.2. The Morgan fingerprint density at radius 1 is 1.16 bits per heavy atom. The number of phenols is 1. The Bertz CT molecular complexity index is 1020. The average molecular weight is 421 g/mol. The van der Waals surface area contributed by atoms with Crippen molar-refractivity contribution in [2.75, 3.05) is 7.05 Å². The molecule has 1 aromatic heterocycles. The Balaban J connectivity index is 2.15. The van der Waals surface area contributed by atoms with Gasteiger partial charge in [-0.15, -0.1) is 0 Å². The van der Waals surface area contributed by atoms with Gasteiger partial charge in [0.15, 0.2) is 5.75 Å². The smallest absolute Gasteiger partial charge is 0.244 e. The van der Waals surface area contributed by atoms with Crippen LogP contribution in [0.15, 0.2) is 64.1 Å². The van der Waals surface area contributed by atoms with E-state index in [0.717, 1.165) is 5.56 Å². The molecule has 1 N–H and O–H groups in total. The molecule has 25 heavy (non-hydrogen) atoms. The van der Waals surface area contributed by atoms with Crippen LogP contribution < -0.4 is 0 Å². The summed E-state index contributed by atoms with van der Waals surface area (Å²) in [6, 6.07) is 13.8. The standard InChI is InChI=1S/C18H17BrN2O3S/c1-12(13-7-4-3-5-8-13)21(2)25(23,24)16-11-15(19)18(22)17-14(16)9-6-10-20-17/h3-12,22H,1-2H3/t12-/m1/s1. The molecule has 0 aliphatic heterocycles. The number of hydrogen-bond acceptors (Lipinski definition) is 4. The number of halogens is 1. The van der Waals surface area contributed by atoms with Crippen molar-refractivity contribution in [1.82, 2.24) is 9.29 Å². The van der Waals surface area contributed by atoms with Gasteiger partial charge in [0, 0.05) is 24.7 Å². The van der Waals surface area contributed by atoms with E-state index in [0.29, 0.717) is 5.39 Å². The van der Waals surface area contributed by atoms with Gasteiger partial charge in [-0.2, -0.15) is 4.31 Å². The van der Waals surface area contributed by atoms with Crippen molar-refractivity contribution in [3.63, 3.8) is 0 Å². The third-order valence-electron chi connectivity index (χ3n) is 4.27. The van der Waals surface area contributed by atoms with Gasteiger partial charge >= 0.3 is 0 Å². The summed E-state index contributed by atoms with van der Waals surface area (Å²) in [4.78, 5) is 4.22. The van der Waals surface area contributed by atoms with Gasteiger partial charge in [0.25, 0.3) is 0 Å². The Labute approximate surface area is 155 Å². The molecule has 0 bridgehead atoms. The molecule has 130 valence electrons. The number of nitrogens with zero attached hydrogens (tertiary/aromatic N) is 2. The minimum absolute atomic E-state index is 0.0756. The summed E-state index contributed by atoms with van der Waals surface area (Å²) in [5.41, 5.74) is 1.14. The second-order valence-corrected chi connectivity index (χ2v) is 8.53. The lowest BCUT2D eigenvalue weighted by Gasteiger charge is -2.25. The van der Waals surface area contributed by atoms with Gasteiger partial charge in [-0.1, -0.05) is 30.3 Å². The van der Waals surface area contributed by atoms with Gasteiger partial charge in [-0.3, -0.25) is 4.98 Å². The van der Waals surface area contributed by atoms with Crippen LogP contribution in [0.5, 0.6) is 5.75 Å². The quantitative estimate of drug-likeness (QED) is 0.689. The first-order valence-electron chi connectivity index (χ1n) is 7.63. The highest BCUT2D eigenvalue weighted by atomic mass is 79.9. The van der Waals surface area contributed by atoms with Crippen LogP contribution in [-0.4, -0.2) is 29.9 Å². The second kappa shape index (κ2) is 6.74. The summed E-state index contributed by atoms with van der Waals surface area (Å²) in [5.74, 6) is -0.0756. The molecule has 3 aromatic rings. The third kappa shape index (κ3) is 3.15. The van der Waals surface area contributed by atoms with Crippen LogP contribution in [-0.2, 0) is 10.0 Å². The Morgan fingerprint density at radius 3 is 2.52 bits per heavy atom. The minimum Gasteiger partial charge on any atom is -0.505 e. The maximum Gasteiger partial charge on any atom is 0.244 e. The van der Waals surface area contributed by atoms with Gasteiger partial charge in [0.2, 0.25) is 10.0 Å². The lowest BCUT2D eigenvalue weighted by Crippen LogP contribution is -2.30. The van der Waals surface area contributed by atoms with Crippen molar-refractivity contribution >= 4 is 36.9 Å². The largest absolute Gasteiger partial charge is 0.505 e. The summed E-state index contributed by atoms with van der Waals surface area (Å²) in [6.07, 6.45) is 1.52. The molecule has 0 aliphatic carbocycles. The molecule has 0 radical (unpaired) electrons. The predicted molar refractivity (Wildman–Crippen MR) is 101 cm³/mol. The fraction of sp³-hybridized carbons (Fsp3) is 0.167. The molecule has 0 saturated carbocycles. The highest BCUT2D eigenvalue weighted by Gasteiger charge is 2.29. The van der Waals surface area contributed by atoms with E-state index >= 15 is 0 Å². The molecule has 5 nitrogen and oxygen atoms in total. The molecule has 1 atom stereocenters. The van der Waals surface area contributed by atoms with Crippen LogP contribution >= 0.6 is 15.9 Å². The molecule has 3 rings (SSSR count). The molecular weight excluding hydrogens is 404 g/mol. The van der Waals surface area contributed by atoms with Crippen LogP contribution in [0, 0.1) is 0 Å². The van der Waals surface area contributed by atoms with Gasteiger partial charge in [0.1, 0.15) is 5.52 Å². The average Bonchev–Trinajstić information content (AvgIpc) is 2.64. The van der Waals surface area contributed by atoms with Crippen molar-refractivity contribution in [2.45, 2.75) is 17.9 Å². The normalized spacial score (nSPS) is 13.3. The Hall–Kier alpha value is -1.96. The number of pyridine rings is 1. The first-order valence-corrected chi connectivity index (χ1v) is 9.86. The molecule has 7 heteroatoms. The third-order valence-corrected chi connectivity index (χ3v) is 6.84. The fourth-order valence-electron chi connectivity index (χ4n) is 2.69. The predicted octanol–water partition coefficient (Wildman–Crippen LogP) is 4.08. The maximum absolute atomic E-state index is 13.2. The zero-order valence-electron chi connectivity index (χ0n) is 13.7. The number of hydrogen-bond donors (Lipinski definition) is 1. The van der Waals surface area contributed by atoms with E-state index in [9.17, 15) is 13.5 Å². The fourth-order valence-corrected chi connectivity index (χ4v) is 4.81. The number of aromatic hydroxyl groups is 1. The molecule has 0 spiro atoms. The SMILES string of the molecule is C[C@H](c1ccccc1)N(C)S(=O)(=O)c1cc(Br)c(O)c2ncccc12. The van der Waals surface area contributed by atoms with Gasteiger partial charge in [0.05, 0.1) is 9.37 Å². The van der Waals surface area contributed by atoms with E-state index in [1.54, 1.807) is 19.2 Å². The number of benzene rings is 2. The maximum atomic E-state index is 13.2. The highest BCUT2D eigenvalue weighted by molar-refractivity contribution is 9.10. The molecule has 1 heterocycles. The number of rotatable bonds is 4. The van der Waals surface area contributed by atoms with Crippen LogP contribution in [0.2, 0.25) is 0 Å². The van der Waals surface area contributed by atoms with Gasteiger partial charge < -0.3 is 5.11 Å². The molecule has 0 aliphatic rings. The monoisotopic (exact) mass is 420 g/mol. The summed E-state index contributed by atoms with van der Waals surface area (Å²) < 4.78 is 28.1. The molecule has 0 saturated heterocycles. The Kier molecular flexibility index (Phi) is 4.81. The summed E-state index contributed by atoms with van der Waals surface area (Å²) in [5, 5.41) is 10.5. The van der Waals surface area contributed by atoms with Crippen LogP contribution in [0.3, 0.4) is 0 Å². The number of phenolic OH excluding ortho intramolecular Hbond substituents is 1. The van der Waals surface area contributed by atoms with Crippen LogP contribution in [0.25, 0.3) is 10.9 Å². The second-order valence-electron chi connectivity index (χ2n) is 5.71. The summed E-state index contributed by atoms with van der Waals surface area (Å²) in [7, 11) is -2.25. The van der Waals surface area contributed by atoms with Gasteiger partial charge in [-0.05, 0) is 46.6 Å². The first kappa shape index (κ1) is 17.8. The first-order chi connectivity index (χ1) is 11.8. The summed E-state index contributed by atoms with van der Waals surface area (Å²) >= 11 is 3.22. The van der Waals surface area contributed by atoms with Crippen molar-refractivity contribution in [1.29, 1.82) is 0 Å². The number of fused-ring (bicyclic) bond motifs is 1. The van der Waals surface area contributed by atoms with E-state index in [-0.39, 0.29) is 26.7 Å². The number of sulfonamides is 1. The van der Waals surface area contributed by atoms with Crippen LogP contribution in [0.1, 0.15) is 18.5 Å². The topological polar surface area (TPSA) is 70.5 Å². The zero-order valence-corrected chi connectivity index (χ0v) is 16.1. The molecule has 0 unspecified atom stereocenters. The molecule has 0 amide bonds. The van der Waals surface area contributed by atoms with Crippen molar-refractivity contribution in [3.05, 3.63) is 64.8 Å². The van der Waals surface area contributed by atoms with Crippen molar-refractivity contribution in [3.8, 4) is 5.75 Å².